The smallest absolute Gasteiger partial charge is 0.253 e. The van der Waals surface area contributed by atoms with Crippen LogP contribution in [0.5, 0.6) is 0 Å². The molecule has 0 spiro atoms. The van der Waals surface area contributed by atoms with Gasteiger partial charge in [-0.2, -0.15) is 0 Å². The number of anilines is 3. The Bertz CT molecular complexity index is 1280. The Kier molecular flexibility index (Phi) is 6.76. The van der Waals surface area contributed by atoms with Crippen LogP contribution in [-0.2, 0) is 6.54 Å². The molecule has 5 rings (SSSR count). The average molecular weight is 491 g/mol. The fourth-order valence-corrected chi connectivity index (χ4v) is 5.04. The molecule has 0 atom stereocenters. The second-order valence-corrected chi connectivity index (χ2v) is 9.86. The lowest BCUT2D eigenvalue weighted by Crippen LogP contribution is -2.48. The third-order valence-electron chi connectivity index (χ3n) is 7.41. The highest BCUT2D eigenvalue weighted by atomic mass is 19.1. The number of nitrogens with zero attached hydrogens (tertiary/aromatic N) is 3. The highest BCUT2D eigenvalue weighted by Crippen LogP contribution is 2.26. The molecule has 7 nitrogen and oxygen atoms in total. The van der Waals surface area contributed by atoms with Crippen LogP contribution in [-0.4, -0.2) is 50.1 Å². The number of rotatable bonds is 6. The molecule has 36 heavy (non-hydrogen) atoms. The van der Waals surface area contributed by atoms with Crippen LogP contribution in [0.15, 0.2) is 58.1 Å². The van der Waals surface area contributed by atoms with Gasteiger partial charge in [-0.1, -0.05) is 19.1 Å². The summed E-state index contributed by atoms with van der Waals surface area (Å²) in [5.41, 5.74) is 2.60. The van der Waals surface area contributed by atoms with Crippen molar-refractivity contribution in [2.75, 3.05) is 54.4 Å². The molecule has 0 radical (unpaired) electrons. The van der Waals surface area contributed by atoms with Gasteiger partial charge in [0.2, 0.25) is 0 Å². The van der Waals surface area contributed by atoms with E-state index in [9.17, 15) is 18.8 Å². The Labute approximate surface area is 209 Å². The van der Waals surface area contributed by atoms with Crippen LogP contribution < -0.4 is 26.0 Å². The summed E-state index contributed by atoms with van der Waals surface area (Å²) in [6.07, 6.45) is 2.05. The summed E-state index contributed by atoms with van der Waals surface area (Å²) in [6.45, 7) is 6.81. The van der Waals surface area contributed by atoms with Crippen molar-refractivity contribution in [1.82, 2.24) is 4.90 Å². The second kappa shape index (κ2) is 10.1. The zero-order chi connectivity index (χ0) is 25.2. The Morgan fingerprint density at radius 1 is 0.861 bits per heavy atom. The predicted molar refractivity (Wildman–Crippen MR) is 140 cm³/mol. The van der Waals surface area contributed by atoms with E-state index < -0.39 is 10.9 Å². The van der Waals surface area contributed by atoms with Gasteiger partial charge in [0, 0.05) is 57.1 Å². The number of carbonyl (C=O) groups is 1. The van der Waals surface area contributed by atoms with Crippen LogP contribution in [0, 0.1) is 11.7 Å². The number of carbonyl (C=O) groups excluding carboxylic acids is 1. The molecule has 2 aliphatic heterocycles. The molecular formula is C28H31FN4O3. The van der Waals surface area contributed by atoms with E-state index in [0.717, 1.165) is 37.2 Å². The summed E-state index contributed by atoms with van der Waals surface area (Å²) in [5.74, 6) is 0.370. The number of piperidine rings is 1. The van der Waals surface area contributed by atoms with Gasteiger partial charge in [0.15, 0.2) is 0 Å². The number of halogens is 1. The number of benzene rings is 2. The molecule has 0 aliphatic carbocycles. The van der Waals surface area contributed by atoms with E-state index in [1.54, 1.807) is 24.3 Å². The van der Waals surface area contributed by atoms with E-state index in [-0.39, 0.29) is 11.7 Å². The third-order valence-corrected chi connectivity index (χ3v) is 7.41. The third kappa shape index (κ3) is 4.85. The van der Waals surface area contributed by atoms with Crippen LogP contribution in [0.2, 0.25) is 0 Å². The lowest BCUT2D eigenvalue weighted by Gasteiger charge is -2.36. The second-order valence-electron chi connectivity index (χ2n) is 9.86. The number of amides is 1. The molecule has 188 valence electrons. The highest BCUT2D eigenvalue weighted by molar-refractivity contribution is 5.94. The van der Waals surface area contributed by atoms with Gasteiger partial charge in [-0.25, -0.2) is 4.39 Å². The number of hydrogen-bond acceptors (Lipinski definition) is 6. The first-order chi connectivity index (χ1) is 17.4. The molecule has 2 heterocycles. The zero-order valence-electron chi connectivity index (χ0n) is 20.5. The first-order valence-electron chi connectivity index (χ1n) is 12.6. The largest absolute Gasteiger partial charge is 0.376 e. The Balaban J connectivity index is 1.16. The topological polar surface area (TPSA) is 73.0 Å². The van der Waals surface area contributed by atoms with Gasteiger partial charge in [0.1, 0.15) is 17.2 Å². The van der Waals surface area contributed by atoms with Crippen molar-refractivity contribution in [3.8, 4) is 0 Å². The predicted octanol–water partition coefficient (Wildman–Crippen LogP) is 3.23. The normalized spacial score (nSPS) is 17.0. The molecule has 3 aromatic rings. The quantitative estimate of drug-likeness (QED) is 0.535. The first kappa shape index (κ1) is 24.0. The maximum Gasteiger partial charge on any atom is 0.253 e. The van der Waals surface area contributed by atoms with Gasteiger partial charge in [-0.3, -0.25) is 14.4 Å². The minimum Gasteiger partial charge on any atom is -0.376 e. The number of nitrogens with one attached hydrogen (secondary N) is 1. The van der Waals surface area contributed by atoms with Crippen molar-refractivity contribution < 1.29 is 9.18 Å². The van der Waals surface area contributed by atoms with Crippen LogP contribution in [0.1, 0.15) is 35.7 Å². The van der Waals surface area contributed by atoms with Gasteiger partial charge in [0.05, 0.1) is 0 Å². The monoisotopic (exact) mass is 490 g/mol. The van der Waals surface area contributed by atoms with Gasteiger partial charge < -0.3 is 20.0 Å². The minimum absolute atomic E-state index is 0.0163. The Morgan fingerprint density at radius 2 is 1.50 bits per heavy atom. The van der Waals surface area contributed by atoms with Crippen LogP contribution in [0.25, 0.3) is 0 Å². The summed E-state index contributed by atoms with van der Waals surface area (Å²) >= 11 is 0. The fourth-order valence-electron chi connectivity index (χ4n) is 5.04. The van der Waals surface area contributed by atoms with Gasteiger partial charge >= 0.3 is 0 Å². The van der Waals surface area contributed by atoms with Gasteiger partial charge in [-0.15, -0.1) is 0 Å². The van der Waals surface area contributed by atoms with Crippen LogP contribution in [0.4, 0.5) is 21.5 Å². The average Bonchev–Trinajstić information content (AvgIpc) is 2.92. The molecule has 2 aliphatic rings. The molecule has 0 aromatic heterocycles. The first-order valence-corrected chi connectivity index (χ1v) is 12.6. The molecule has 3 aromatic carbocycles. The summed E-state index contributed by atoms with van der Waals surface area (Å²) in [5, 5.41) is 3.15. The van der Waals surface area contributed by atoms with Crippen molar-refractivity contribution in [3.05, 3.63) is 85.9 Å². The standard InChI is InChI=1S/C28H31FN4O3/c1-19-10-12-32(13-11-19)25-24(26(34)27(25)35)30-18-20-2-4-21(5-3-20)28(36)33-16-14-31(15-17-33)23-8-6-22(29)7-9-23/h2-9,19,30H,10-18H2,1H3. The Hall–Kier alpha value is -3.68. The maximum atomic E-state index is 13.2. The molecule has 1 N–H and O–H groups in total. The van der Waals surface area contributed by atoms with E-state index in [4.69, 9.17) is 0 Å². The van der Waals surface area contributed by atoms with Crippen molar-refractivity contribution in [2.45, 2.75) is 26.3 Å². The molecule has 0 saturated carbocycles. The highest BCUT2D eigenvalue weighted by Gasteiger charge is 2.28. The SMILES string of the molecule is CC1CCN(c2c(NCc3ccc(C(=O)N4CCN(c5ccc(F)cc5)CC4)cc3)c(=O)c2=O)CC1. The van der Waals surface area contributed by atoms with Gasteiger partial charge in [0.25, 0.3) is 16.8 Å². The lowest BCUT2D eigenvalue weighted by molar-refractivity contribution is 0.0747. The summed E-state index contributed by atoms with van der Waals surface area (Å²) in [6, 6.07) is 13.8. The van der Waals surface area contributed by atoms with Gasteiger partial charge in [-0.05, 0) is 60.7 Å². The molecule has 8 heteroatoms. The van der Waals surface area contributed by atoms with E-state index in [2.05, 4.69) is 17.1 Å². The van der Waals surface area contributed by atoms with E-state index in [1.807, 2.05) is 21.9 Å². The van der Waals surface area contributed by atoms with Crippen molar-refractivity contribution in [1.29, 1.82) is 0 Å². The zero-order valence-corrected chi connectivity index (χ0v) is 20.5. The molecule has 0 unspecified atom stereocenters. The minimum atomic E-state index is -0.449. The van der Waals surface area contributed by atoms with Crippen molar-refractivity contribution in [2.24, 2.45) is 5.92 Å². The lowest BCUT2D eigenvalue weighted by atomic mass is 9.98. The Morgan fingerprint density at radius 3 is 2.14 bits per heavy atom. The number of piperazine rings is 1. The molecule has 2 saturated heterocycles. The summed E-state index contributed by atoms with van der Waals surface area (Å²) in [4.78, 5) is 43.4. The number of hydrogen-bond donors (Lipinski definition) is 1. The molecule has 1 amide bonds. The molecule has 0 bridgehead atoms. The summed E-state index contributed by atoms with van der Waals surface area (Å²) < 4.78 is 13.2. The molecular weight excluding hydrogens is 459 g/mol. The summed E-state index contributed by atoms with van der Waals surface area (Å²) in [7, 11) is 0. The maximum absolute atomic E-state index is 13.2. The van der Waals surface area contributed by atoms with Crippen molar-refractivity contribution >= 4 is 23.0 Å². The van der Waals surface area contributed by atoms with Crippen LogP contribution >= 0.6 is 0 Å². The van der Waals surface area contributed by atoms with Crippen molar-refractivity contribution in [3.63, 3.8) is 0 Å². The van der Waals surface area contributed by atoms with E-state index in [0.29, 0.717) is 55.6 Å². The fraction of sp³-hybridized carbons (Fsp3) is 0.393. The van der Waals surface area contributed by atoms with E-state index >= 15 is 0 Å². The van der Waals surface area contributed by atoms with E-state index in [1.165, 1.54) is 12.1 Å². The molecule has 2 fully saturated rings. The van der Waals surface area contributed by atoms with Crippen LogP contribution in [0.3, 0.4) is 0 Å².